The standard InChI is InChI=1S/C21H21N3O2/c22-12-11-19(25)23-13-15-24(16-14-23)21(26)20(17-7-3-1-4-8-17)18-9-5-2-6-10-18/h1-10,20H,11,13-16H2. The van der Waals surface area contributed by atoms with Crippen LogP contribution in [0.3, 0.4) is 0 Å². The van der Waals surface area contributed by atoms with Gasteiger partial charge in [-0.05, 0) is 11.1 Å². The van der Waals surface area contributed by atoms with Crippen LogP contribution < -0.4 is 0 Å². The largest absolute Gasteiger partial charge is 0.338 e. The number of hydrogen-bond donors (Lipinski definition) is 0. The average Bonchev–Trinajstić information content (AvgIpc) is 2.70. The Morgan fingerprint density at radius 1 is 0.846 bits per heavy atom. The van der Waals surface area contributed by atoms with Gasteiger partial charge in [-0.2, -0.15) is 5.26 Å². The van der Waals surface area contributed by atoms with Crippen LogP contribution in [-0.2, 0) is 9.59 Å². The summed E-state index contributed by atoms with van der Waals surface area (Å²) in [5, 5.41) is 8.67. The smallest absolute Gasteiger partial charge is 0.236 e. The lowest BCUT2D eigenvalue weighted by Gasteiger charge is -2.36. The van der Waals surface area contributed by atoms with Crippen LogP contribution in [0.1, 0.15) is 23.5 Å². The lowest BCUT2D eigenvalue weighted by molar-refractivity contribution is -0.139. The molecular formula is C21H21N3O2. The van der Waals surface area contributed by atoms with Crippen molar-refractivity contribution in [2.75, 3.05) is 26.2 Å². The number of carbonyl (C=O) groups is 2. The quantitative estimate of drug-likeness (QED) is 0.853. The molecule has 1 saturated heterocycles. The van der Waals surface area contributed by atoms with Gasteiger partial charge in [-0.3, -0.25) is 9.59 Å². The van der Waals surface area contributed by atoms with Crippen LogP contribution >= 0.6 is 0 Å². The van der Waals surface area contributed by atoms with Crippen LogP contribution in [0.15, 0.2) is 60.7 Å². The van der Waals surface area contributed by atoms with E-state index in [1.54, 1.807) is 4.90 Å². The van der Waals surface area contributed by atoms with Crippen molar-refractivity contribution in [2.24, 2.45) is 0 Å². The SMILES string of the molecule is N#CCC(=O)N1CCN(C(=O)C(c2ccccc2)c2ccccc2)CC1. The van der Waals surface area contributed by atoms with E-state index in [1.165, 1.54) is 0 Å². The summed E-state index contributed by atoms with van der Waals surface area (Å²) in [5.41, 5.74) is 1.93. The van der Waals surface area contributed by atoms with Crippen LogP contribution in [0.25, 0.3) is 0 Å². The molecule has 1 heterocycles. The molecule has 0 atom stereocenters. The Kier molecular flexibility index (Phi) is 5.65. The maximum absolute atomic E-state index is 13.3. The van der Waals surface area contributed by atoms with Gasteiger partial charge >= 0.3 is 0 Å². The Labute approximate surface area is 153 Å². The zero-order valence-electron chi connectivity index (χ0n) is 14.5. The van der Waals surface area contributed by atoms with Gasteiger partial charge in [0.15, 0.2) is 0 Å². The van der Waals surface area contributed by atoms with Crippen molar-refractivity contribution >= 4 is 11.8 Å². The second-order valence-electron chi connectivity index (χ2n) is 6.30. The normalized spacial score (nSPS) is 14.2. The van der Waals surface area contributed by atoms with Crippen molar-refractivity contribution in [1.29, 1.82) is 5.26 Å². The summed E-state index contributed by atoms with van der Waals surface area (Å²) in [7, 11) is 0. The Morgan fingerprint density at radius 2 is 1.31 bits per heavy atom. The molecule has 3 rings (SSSR count). The Bertz CT molecular complexity index is 752. The molecule has 5 nitrogen and oxygen atoms in total. The molecule has 2 amide bonds. The highest BCUT2D eigenvalue weighted by Crippen LogP contribution is 2.27. The Morgan fingerprint density at radius 3 is 1.77 bits per heavy atom. The molecule has 1 aliphatic heterocycles. The average molecular weight is 347 g/mol. The van der Waals surface area contributed by atoms with E-state index in [0.29, 0.717) is 26.2 Å². The summed E-state index contributed by atoms with van der Waals surface area (Å²) in [6.45, 7) is 1.93. The van der Waals surface area contributed by atoms with Crippen LogP contribution in [0.2, 0.25) is 0 Å². The summed E-state index contributed by atoms with van der Waals surface area (Å²) >= 11 is 0. The number of rotatable bonds is 4. The first-order chi connectivity index (χ1) is 12.7. The third-order valence-corrected chi connectivity index (χ3v) is 4.69. The fourth-order valence-corrected chi connectivity index (χ4v) is 3.31. The van der Waals surface area contributed by atoms with E-state index < -0.39 is 0 Å². The maximum atomic E-state index is 13.3. The molecule has 2 aromatic rings. The van der Waals surface area contributed by atoms with Gasteiger partial charge in [-0.25, -0.2) is 0 Å². The molecular weight excluding hydrogens is 326 g/mol. The van der Waals surface area contributed by atoms with E-state index in [4.69, 9.17) is 5.26 Å². The second kappa shape index (κ2) is 8.30. The minimum Gasteiger partial charge on any atom is -0.338 e. The first kappa shape index (κ1) is 17.7. The van der Waals surface area contributed by atoms with Crippen LogP contribution in [-0.4, -0.2) is 47.8 Å². The van der Waals surface area contributed by atoms with Gasteiger partial charge in [-0.1, -0.05) is 60.7 Å². The minimum absolute atomic E-state index is 0.0507. The number of benzene rings is 2. The Hall–Kier alpha value is -3.13. The van der Waals surface area contributed by atoms with Gasteiger partial charge in [0.1, 0.15) is 6.42 Å². The van der Waals surface area contributed by atoms with E-state index in [1.807, 2.05) is 71.6 Å². The first-order valence-electron chi connectivity index (χ1n) is 8.74. The van der Waals surface area contributed by atoms with E-state index >= 15 is 0 Å². The maximum Gasteiger partial charge on any atom is 0.236 e. The molecule has 0 N–H and O–H groups in total. The van der Waals surface area contributed by atoms with Gasteiger partial charge in [0.25, 0.3) is 0 Å². The van der Waals surface area contributed by atoms with Crippen LogP contribution in [0.5, 0.6) is 0 Å². The number of nitriles is 1. The highest BCUT2D eigenvalue weighted by Gasteiger charge is 2.30. The van der Waals surface area contributed by atoms with Gasteiger partial charge < -0.3 is 9.80 Å². The van der Waals surface area contributed by atoms with Crippen molar-refractivity contribution in [3.05, 3.63) is 71.8 Å². The molecule has 2 aromatic carbocycles. The van der Waals surface area contributed by atoms with Crippen LogP contribution in [0.4, 0.5) is 0 Å². The summed E-state index contributed by atoms with van der Waals surface area (Å²) in [6, 6.07) is 21.4. The lowest BCUT2D eigenvalue weighted by Crippen LogP contribution is -2.51. The number of hydrogen-bond acceptors (Lipinski definition) is 3. The summed E-state index contributed by atoms with van der Waals surface area (Å²) in [4.78, 5) is 28.6. The van der Waals surface area contributed by atoms with Gasteiger partial charge in [0.2, 0.25) is 11.8 Å². The molecule has 132 valence electrons. The van der Waals surface area contributed by atoms with E-state index in [-0.39, 0.29) is 24.2 Å². The molecule has 0 radical (unpaired) electrons. The summed E-state index contributed by atoms with van der Waals surface area (Å²) in [5.74, 6) is -0.462. The van der Waals surface area contributed by atoms with E-state index in [2.05, 4.69) is 0 Å². The fourth-order valence-electron chi connectivity index (χ4n) is 3.31. The van der Waals surface area contributed by atoms with Crippen molar-refractivity contribution in [1.82, 2.24) is 9.80 Å². The molecule has 1 aliphatic rings. The molecule has 0 aromatic heterocycles. The lowest BCUT2D eigenvalue weighted by atomic mass is 9.90. The molecule has 0 aliphatic carbocycles. The van der Waals surface area contributed by atoms with E-state index in [0.717, 1.165) is 11.1 Å². The molecule has 1 fully saturated rings. The zero-order chi connectivity index (χ0) is 18.4. The fraction of sp³-hybridized carbons (Fsp3) is 0.286. The van der Waals surface area contributed by atoms with E-state index in [9.17, 15) is 9.59 Å². The highest BCUT2D eigenvalue weighted by molar-refractivity contribution is 5.87. The zero-order valence-corrected chi connectivity index (χ0v) is 14.5. The molecule has 5 heteroatoms. The number of piperazine rings is 1. The highest BCUT2D eigenvalue weighted by atomic mass is 16.2. The Balaban J connectivity index is 1.77. The van der Waals surface area contributed by atoms with Gasteiger partial charge in [0.05, 0.1) is 12.0 Å². The summed E-state index contributed by atoms with van der Waals surface area (Å²) < 4.78 is 0. The first-order valence-corrected chi connectivity index (χ1v) is 8.74. The summed E-state index contributed by atoms with van der Waals surface area (Å²) in [6.07, 6.45) is -0.107. The molecule has 0 spiro atoms. The molecule has 0 saturated carbocycles. The van der Waals surface area contributed by atoms with Crippen molar-refractivity contribution in [2.45, 2.75) is 12.3 Å². The third-order valence-electron chi connectivity index (χ3n) is 4.69. The van der Waals surface area contributed by atoms with Crippen molar-refractivity contribution in [3.63, 3.8) is 0 Å². The number of amides is 2. The number of carbonyl (C=O) groups excluding carboxylic acids is 2. The monoisotopic (exact) mass is 347 g/mol. The van der Waals surface area contributed by atoms with Crippen molar-refractivity contribution in [3.8, 4) is 6.07 Å². The predicted molar refractivity (Wildman–Crippen MR) is 98.1 cm³/mol. The van der Waals surface area contributed by atoms with Gasteiger partial charge in [-0.15, -0.1) is 0 Å². The second-order valence-corrected chi connectivity index (χ2v) is 6.30. The molecule has 26 heavy (non-hydrogen) atoms. The third kappa shape index (κ3) is 3.92. The topological polar surface area (TPSA) is 64.4 Å². The molecule has 0 unspecified atom stereocenters. The van der Waals surface area contributed by atoms with Gasteiger partial charge in [0, 0.05) is 26.2 Å². The number of nitrogens with zero attached hydrogens (tertiary/aromatic N) is 3. The minimum atomic E-state index is -0.348. The van der Waals surface area contributed by atoms with Crippen LogP contribution in [0, 0.1) is 11.3 Å². The van der Waals surface area contributed by atoms with Crippen molar-refractivity contribution < 1.29 is 9.59 Å². The predicted octanol–water partition coefficient (Wildman–Crippen LogP) is 2.40. The molecule has 0 bridgehead atoms.